The standard InChI is InChI=1S/C20H22N2O5/c1-4-17(15-7-9-16(26-2)10-8-15)21-18-11-5-14(6-12-20(23)27-3)13-19(18)22(24)25/h5-13,17,21H,4H2,1-3H3/b12-6-. The molecule has 2 aromatic carbocycles. The van der Waals surface area contributed by atoms with Gasteiger partial charge in [-0.15, -0.1) is 0 Å². The molecule has 142 valence electrons. The highest BCUT2D eigenvalue weighted by Crippen LogP contribution is 2.31. The molecular weight excluding hydrogens is 348 g/mol. The Balaban J connectivity index is 2.28. The molecule has 2 rings (SSSR count). The smallest absolute Gasteiger partial charge is 0.330 e. The summed E-state index contributed by atoms with van der Waals surface area (Å²) in [6, 6.07) is 12.2. The summed E-state index contributed by atoms with van der Waals surface area (Å²) in [5, 5.41) is 14.7. The van der Waals surface area contributed by atoms with Gasteiger partial charge in [-0.2, -0.15) is 0 Å². The summed E-state index contributed by atoms with van der Waals surface area (Å²) in [4.78, 5) is 22.2. The van der Waals surface area contributed by atoms with Crippen LogP contribution in [0, 0.1) is 10.1 Å². The fourth-order valence-corrected chi connectivity index (χ4v) is 2.60. The predicted molar refractivity (Wildman–Crippen MR) is 104 cm³/mol. The van der Waals surface area contributed by atoms with Crippen LogP contribution in [0.15, 0.2) is 48.5 Å². The third-order valence-electron chi connectivity index (χ3n) is 4.09. The van der Waals surface area contributed by atoms with E-state index in [1.54, 1.807) is 19.2 Å². The second kappa shape index (κ2) is 9.38. The maximum absolute atomic E-state index is 11.5. The summed E-state index contributed by atoms with van der Waals surface area (Å²) in [5.41, 5.74) is 1.89. The summed E-state index contributed by atoms with van der Waals surface area (Å²) >= 11 is 0. The zero-order valence-electron chi connectivity index (χ0n) is 15.5. The molecule has 0 amide bonds. The number of ether oxygens (including phenoxy) is 2. The number of nitrogens with zero attached hydrogens (tertiary/aromatic N) is 1. The van der Waals surface area contributed by atoms with Crippen LogP contribution in [-0.4, -0.2) is 25.1 Å². The Bertz CT molecular complexity index is 831. The van der Waals surface area contributed by atoms with Gasteiger partial charge in [0.25, 0.3) is 5.69 Å². The van der Waals surface area contributed by atoms with Crippen LogP contribution >= 0.6 is 0 Å². The SMILES string of the molecule is CCC(Nc1ccc(/C=C\C(=O)OC)cc1[N+](=O)[O-])c1ccc(OC)cc1. The van der Waals surface area contributed by atoms with Crippen LogP contribution in [0.1, 0.15) is 30.5 Å². The lowest BCUT2D eigenvalue weighted by molar-refractivity contribution is -0.384. The minimum absolute atomic E-state index is 0.0611. The molecule has 0 aliphatic rings. The van der Waals surface area contributed by atoms with E-state index in [-0.39, 0.29) is 11.7 Å². The fourth-order valence-electron chi connectivity index (χ4n) is 2.60. The quantitative estimate of drug-likeness (QED) is 0.321. The molecular formula is C20H22N2O5. The van der Waals surface area contributed by atoms with E-state index in [9.17, 15) is 14.9 Å². The van der Waals surface area contributed by atoms with Crippen LogP contribution in [-0.2, 0) is 9.53 Å². The van der Waals surface area contributed by atoms with Crippen molar-refractivity contribution in [1.29, 1.82) is 0 Å². The molecule has 27 heavy (non-hydrogen) atoms. The molecule has 0 aliphatic carbocycles. The number of nitro groups is 1. The highest BCUT2D eigenvalue weighted by molar-refractivity contribution is 5.87. The first-order valence-corrected chi connectivity index (χ1v) is 8.43. The summed E-state index contributed by atoms with van der Waals surface area (Å²) in [7, 11) is 2.87. The van der Waals surface area contributed by atoms with Crippen molar-refractivity contribution in [3.63, 3.8) is 0 Å². The van der Waals surface area contributed by atoms with Crippen molar-refractivity contribution in [2.45, 2.75) is 19.4 Å². The van der Waals surface area contributed by atoms with Gasteiger partial charge in [0.1, 0.15) is 11.4 Å². The molecule has 0 saturated carbocycles. The third kappa shape index (κ3) is 5.31. The number of carbonyl (C=O) groups is 1. The Labute approximate surface area is 157 Å². The van der Waals surface area contributed by atoms with Gasteiger partial charge in [0.2, 0.25) is 0 Å². The summed E-state index contributed by atoms with van der Waals surface area (Å²) < 4.78 is 9.69. The molecule has 0 heterocycles. The summed E-state index contributed by atoms with van der Waals surface area (Å²) in [6.07, 6.45) is 3.44. The molecule has 0 radical (unpaired) electrons. The number of nitrogens with one attached hydrogen (secondary N) is 1. The highest BCUT2D eigenvalue weighted by atomic mass is 16.6. The molecule has 7 nitrogen and oxygen atoms in total. The van der Waals surface area contributed by atoms with Gasteiger partial charge in [0.15, 0.2) is 0 Å². The van der Waals surface area contributed by atoms with E-state index in [0.717, 1.165) is 17.7 Å². The lowest BCUT2D eigenvalue weighted by Gasteiger charge is -2.19. The van der Waals surface area contributed by atoms with Gasteiger partial charge >= 0.3 is 5.97 Å². The zero-order chi connectivity index (χ0) is 19.8. The Hall–Kier alpha value is -3.35. The lowest BCUT2D eigenvalue weighted by atomic mass is 10.0. The number of anilines is 1. The van der Waals surface area contributed by atoms with Crippen LogP contribution in [0.2, 0.25) is 0 Å². The summed E-state index contributed by atoms with van der Waals surface area (Å²) in [5.74, 6) is 0.228. The predicted octanol–water partition coefficient (Wildman–Crippen LogP) is 4.35. The van der Waals surface area contributed by atoms with E-state index in [4.69, 9.17) is 4.74 Å². The number of nitro benzene ring substituents is 1. The molecule has 1 N–H and O–H groups in total. The molecule has 0 saturated heterocycles. The van der Waals surface area contributed by atoms with Gasteiger partial charge in [-0.3, -0.25) is 10.1 Å². The van der Waals surface area contributed by atoms with Gasteiger partial charge in [0.05, 0.1) is 25.2 Å². The number of hydrogen-bond donors (Lipinski definition) is 1. The molecule has 7 heteroatoms. The van der Waals surface area contributed by atoms with E-state index in [1.165, 1.54) is 25.3 Å². The van der Waals surface area contributed by atoms with E-state index < -0.39 is 10.9 Å². The topological polar surface area (TPSA) is 90.7 Å². The minimum atomic E-state index is -0.523. The van der Waals surface area contributed by atoms with E-state index >= 15 is 0 Å². The fraction of sp³-hybridized carbons (Fsp3) is 0.250. The number of benzene rings is 2. The van der Waals surface area contributed by atoms with Crippen LogP contribution in [0.3, 0.4) is 0 Å². The number of carbonyl (C=O) groups excluding carboxylic acids is 1. The minimum Gasteiger partial charge on any atom is -0.497 e. The van der Waals surface area contributed by atoms with Crippen LogP contribution in [0.4, 0.5) is 11.4 Å². The maximum atomic E-state index is 11.5. The van der Waals surface area contributed by atoms with Gasteiger partial charge in [-0.25, -0.2) is 4.79 Å². The van der Waals surface area contributed by atoms with Crippen molar-refractivity contribution in [3.05, 3.63) is 69.8 Å². The Morgan fingerprint density at radius 2 is 1.93 bits per heavy atom. The molecule has 1 unspecified atom stereocenters. The third-order valence-corrected chi connectivity index (χ3v) is 4.09. The zero-order valence-corrected chi connectivity index (χ0v) is 15.5. The van der Waals surface area contributed by atoms with Crippen LogP contribution < -0.4 is 10.1 Å². The van der Waals surface area contributed by atoms with Crippen molar-refractivity contribution < 1.29 is 19.2 Å². The first-order chi connectivity index (χ1) is 13.0. The normalized spacial score (nSPS) is 11.8. The number of methoxy groups -OCH3 is 2. The van der Waals surface area contributed by atoms with Crippen molar-refractivity contribution in [1.82, 2.24) is 0 Å². The molecule has 0 spiro atoms. The number of hydrogen-bond acceptors (Lipinski definition) is 6. The number of esters is 1. The molecule has 0 aliphatic heterocycles. The Kier molecular flexibility index (Phi) is 6.93. The lowest BCUT2D eigenvalue weighted by Crippen LogP contribution is -2.11. The first kappa shape index (κ1) is 20.0. The van der Waals surface area contributed by atoms with Crippen molar-refractivity contribution >= 4 is 23.4 Å². The Morgan fingerprint density at radius 3 is 2.48 bits per heavy atom. The average molecular weight is 370 g/mol. The average Bonchev–Trinajstić information content (AvgIpc) is 2.70. The van der Waals surface area contributed by atoms with Crippen molar-refractivity contribution in [2.24, 2.45) is 0 Å². The van der Waals surface area contributed by atoms with Gasteiger partial charge in [0, 0.05) is 12.1 Å². The second-order valence-electron chi connectivity index (χ2n) is 5.77. The molecule has 0 bridgehead atoms. The molecule has 2 aromatic rings. The summed E-state index contributed by atoms with van der Waals surface area (Å²) in [6.45, 7) is 2.00. The van der Waals surface area contributed by atoms with E-state index in [2.05, 4.69) is 10.1 Å². The largest absolute Gasteiger partial charge is 0.497 e. The van der Waals surface area contributed by atoms with E-state index in [0.29, 0.717) is 11.3 Å². The monoisotopic (exact) mass is 370 g/mol. The second-order valence-corrected chi connectivity index (χ2v) is 5.77. The van der Waals surface area contributed by atoms with Crippen LogP contribution in [0.5, 0.6) is 5.75 Å². The molecule has 0 aromatic heterocycles. The van der Waals surface area contributed by atoms with Crippen LogP contribution in [0.25, 0.3) is 6.08 Å². The van der Waals surface area contributed by atoms with Gasteiger partial charge in [-0.05, 0) is 41.8 Å². The number of rotatable bonds is 8. The van der Waals surface area contributed by atoms with Crippen molar-refractivity contribution in [3.8, 4) is 5.75 Å². The molecule has 0 fully saturated rings. The molecule has 1 atom stereocenters. The highest BCUT2D eigenvalue weighted by Gasteiger charge is 2.18. The van der Waals surface area contributed by atoms with Gasteiger partial charge in [-0.1, -0.05) is 25.1 Å². The van der Waals surface area contributed by atoms with Crippen molar-refractivity contribution in [2.75, 3.05) is 19.5 Å². The van der Waals surface area contributed by atoms with Gasteiger partial charge < -0.3 is 14.8 Å². The maximum Gasteiger partial charge on any atom is 0.330 e. The van der Waals surface area contributed by atoms with E-state index in [1.807, 2.05) is 31.2 Å². The Morgan fingerprint density at radius 1 is 1.22 bits per heavy atom. The first-order valence-electron chi connectivity index (χ1n) is 8.43.